The molecule has 1 aromatic carbocycles. The molecule has 10 nitrogen and oxygen atoms in total. The summed E-state index contributed by atoms with van der Waals surface area (Å²) < 4.78 is 0. The van der Waals surface area contributed by atoms with Crippen LogP contribution >= 0.6 is 0 Å². The third kappa shape index (κ3) is 3.00. The molecule has 1 amide bonds. The number of anilines is 1. The number of carboxylic acid groups (broad SMARTS) is 1. The predicted octanol–water partition coefficient (Wildman–Crippen LogP) is 0.972. The van der Waals surface area contributed by atoms with Crippen LogP contribution in [0.4, 0.5) is 11.4 Å². The fourth-order valence-corrected chi connectivity index (χ4v) is 1.56. The smallest absolute Gasteiger partial charge is 0.337 e. The third-order valence-corrected chi connectivity index (χ3v) is 2.49. The van der Waals surface area contributed by atoms with Gasteiger partial charge in [-0.25, -0.2) is 9.78 Å². The van der Waals surface area contributed by atoms with Crippen molar-refractivity contribution >= 4 is 23.3 Å². The molecular weight excluding hydrogens is 282 g/mol. The van der Waals surface area contributed by atoms with Crippen molar-refractivity contribution in [1.29, 1.82) is 0 Å². The molecule has 0 aliphatic rings. The average molecular weight is 291 g/mol. The number of amides is 1. The first-order valence-electron chi connectivity index (χ1n) is 5.60. The molecule has 1 heterocycles. The number of carbonyl (C=O) groups excluding carboxylic acids is 1. The van der Waals surface area contributed by atoms with Crippen molar-refractivity contribution in [3.05, 3.63) is 45.5 Å². The molecule has 3 N–H and O–H groups in total. The van der Waals surface area contributed by atoms with Crippen LogP contribution in [-0.4, -0.2) is 37.1 Å². The first-order chi connectivity index (χ1) is 9.88. The van der Waals surface area contributed by atoms with Crippen LogP contribution in [0.15, 0.2) is 18.2 Å². The SMILES string of the molecule is Cc1nc(C(=O)Nc2cc([N+](=O)[O-])ccc2C(=O)O)n[nH]1. The molecule has 10 heteroatoms. The summed E-state index contributed by atoms with van der Waals surface area (Å²) in [5, 5.41) is 28.1. The van der Waals surface area contributed by atoms with Crippen LogP contribution in [0.3, 0.4) is 0 Å². The van der Waals surface area contributed by atoms with Gasteiger partial charge in [0.2, 0.25) is 5.82 Å². The highest BCUT2D eigenvalue weighted by Crippen LogP contribution is 2.23. The predicted molar refractivity (Wildman–Crippen MR) is 69.1 cm³/mol. The summed E-state index contributed by atoms with van der Waals surface area (Å²) in [5.41, 5.74) is -0.827. The second-order valence-corrected chi connectivity index (χ2v) is 3.99. The van der Waals surface area contributed by atoms with Crippen molar-refractivity contribution in [2.75, 3.05) is 5.32 Å². The lowest BCUT2D eigenvalue weighted by molar-refractivity contribution is -0.384. The molecule has 0 spiro atoms. The quantitative estimate of drug-likeness (QED) is 0.560. The molecule has 0 aliphatic heterocycles. The minimum Gasteiger partial charge on any atom is -0.478 e. The summed E-state index contributed by atoms with van der Waals surface area (Å²) in [7, 11) is 0. The van der Waals surface area contributed by atoms with E-state index in [4.69, 9.17) is 5.11 Å². The first kappa shape index (κ1) is 14.1. The Morgan fingerprint density at radius 2 is 2.14 bits per heavy atom. The van der Waals surface area contributed by atoms with Gasteiger partial charge in [0.15, 0.2) is 0 Å². The summed E-state index contributed by atoms with van der Waals surface area (Å²) in [4.78, 5) is 36.7. The van der Waals surface area contributed by atoms with Crippen LogP contribution in [0.25, 0.3) is 0 Å². The van der Waals surface area contributed by atoms with Crippen molar-refractivity contribution in [2.24, 2.45) is 0 Å². The molecule has 108 valence electrons. The number of H-pyrrole nitrogens is 1. The van der Waals surface area contributed by atoms with E-state index in [0.29, 0.717) is 5.82 Å². The number of nitrogens with zero attached hydrogens (tertiary/aromatic N) is 3. The van der Waals surface area contributed by atoms with Gasteiger partial charge in [-0.1, -0.05) is 0 Å². The van der Waals surface area contributed by atoms with E-state index in [9.17, 15) is 19.7 Å². The Kier molecular flexibility index (Phi) is 3.61. The molecule has 0 radical (unpaired) electrons. The Hall–Kier alpha value is -3.30. The van der Waals surface area contributed by atoms with E-state index in [-0.39, 0.29) is 22.8 Å². The fraction of sp³-hybridized carbons (Fsp3) is 0.0909. The Labute approximate surface area is 117 Å². The Balaban J connectivity index is 2.37. The van der Waals surface area contributed by atoms with Crippen LogP contribution in [0.5, 0.6) is 0 Å². The number of nitro groups is 1. The molecule has 2 rings (SSSR count). The van der Waals surface area contributed by atoms with Crippen molar-refractivity contribution in [3.63, 3.8) is 0 Å². The molecule has 0 aliphatic carbocycles. The maximum absolute atomic E-state index is 11.9. The van der Waals surface area contributed by atoms with E-state index in [1.165, 1.54) is 0 Å². The van der Waals surface area contributed by atoms with Gasteiger partial charge in [0.25, 0.3) is 11.6 Å². The lowest BCUT2D eigenvalue weighted by atomic mass is 10.1. The minimum absolute atomic E-state index is 0.199. The van der Waals surface area contributed by atoms with Gasteiger partial charge < -0.3 is 10.4 Å². The Morgan fingerprint density at radius 1 is 1.43 bits per heavy atom. The average Bonchev–Trinajstić information content (AvgIpc) is 2.85. The van der Waals surface area contributed by atoms with E-state index in [1.54, 1.807) is 6.92 Å². The normalized spacial score (nSPS) is 10.1. The van der Waals surface area contributed by atoms with E-state index in [1.807, 2.05) is 0 Å². The van der Waals surface area contributed by atoms with Crippen LogP contribution in [-0.2, 0) is 0 Å². The first-order valence-corrected chi connectivity index (χ1v) is 5.60. The molecule has 0 unspecified atom stereocenters. The van der Waals surface area contributed by atoms with E-state index in [2.05, 4.69) is 20.5 Å². The molecule has 0 saturated carbocycles. The zero-order chi connectivity index (χ0) is 15.6. The summed E-state index contributed by atoms with van der Waals surface area (Å²) in [5.74, 6) is -1.90. The van der Waals surface area contributed by atoms with Crippen LogP contribution in [0.1, 0.15) is 26.8 Å². The second kappa shape index (κ2) is 5.36. The molecule has 1 aromatic heterocycles. The fourth-order valence-electron chi connectivity index (χ4n) is 1.56. The number of aromatic carboxylic acids is 1. The summed E-state index contributed by atoms with van der Waals surface area (Å²) in [6, 6.07) is 3.04. The molecule has 0 saturated heterocycles. The second-order valence-electron chi connectivity index (χ2n) is 3.99. The van der Waals surface area contributed by atoms with Crippen molar-refractivity contribution in [1.82, 2.24) is 15.2 Å². The number of carbonyl (C=O) groups is 2. The number of rotatable bonds is 4. The van der Waals surface area contributed by atoms with Crippen LogP contribution in [0.2, 0.25) is 0 Å². The van der Waals surface area contributed by atoms with Crippen molar-refractivity contribution < 1.29 is 19.6 Å². The van der Waals surface area contributed by atoms with Gasteiger partial charge in [-0.3, -0.25) is 20.0 Å². The van der Waals surface area contributed by atoms with Gasteiger partial charge in [0, 0.05) is 12.1 Å². The Morgan fingerprint density at radius 3 is 2.67 bits per heavy atom. The maximum atomic E-state index is 11.9. The zero-order valence-electron chi connectivity index (χ0n) is 10.7. The monoisotopic (exact) mass is 291 g/mol. The number of non-ortho nitro benzene ring substituents is 1. The van der Waals surface area contributed by atoms with Crippen molar-refractivity contribution in [3.8, 4) is 0 Å². The molecule has 0 fully saturated rings. The number of benzene rings is 1. The number of aromatic amines is 1. The number of nitro benzene ring substituents is 1. The molecule has 0 bridgehead atoms. The van der Waals surface area contributed by atoms with Crippen LogP contribution < -0.4 is 5.32 Å². The van der Waals surface area contributed by atoms with Crippen molar-refractivity contribution in [2.45, 2.75) is 6.92 Å². The lowest BCUT2D eigenvalue weighted by Crippen LogP contribution is -2.16. The molecule has 21 heavy (non-hydrogen) atoms. The maximum Gasteiger partial charge on any atom is 0.337 e. The number of hydrogen-bond donors (Lipinski definition) is 3. The molecule has 0 atom stereocenters. The van der Waals surface area contributed by atoms with E-state index in [0.717, 1.165) is 18.2 Å². The summed E-state index contributed by atoms with van der Waals surface area (Å²) >= 11 is 0. The number of aromatic nitrogens is 3. The van der Waals surface area contributed by atoms with E-state index >= 15 is 0 Å². The molecular formula is C11H9N5O5. The topological polar surface area (TPSA) is 151 Å². The Bertz CT molecular complexity index is 738. The summed E-state index contributed by atoms with van der Waals surface area (Å²) in [6.07, 6.45) is 0. The minimum atomic E-state index is -1.33. The number of aryl methyl sites for hydroxylation is 1. The molecule has 2 aromatic rings. The number of carboxylic acids is 1. The number of nitrogens with one attached hydrogen (secondary N) is 2. The van der Waals surface area contributed by atoms with Gasteiger partial charge in [-0.2, -0.15) is 0 Å². The standard InChI is InChI=1S/C11H9N5O5/c1-5-12-9(15-14-5)10(17)13-8-4-6(16(20)21)2-3-7(8)11(18)19/h2-4H,1H3,(H,13,17)(H,18,19)(H,12,14,15). The highest BCUT2D eigenvalue weighted by atomic mass is 16.6. The zero-order valence-corrected chi connectivity index (χ0v) is 10.7. The summed E-state index contributed by atoms with van der Waals surface area (Å²) in [6.45, 7) is 1.58. The van der Waals surface area contributed by atoms with Gasteiger partial charge in [0.05, 0.1) is 16.2 Å². The highest BCUT2D eigenvalue weighted by molar-refractivity contribution is 6.06. The van der Waals surface area contributed by atoms with Crippen LogP contribution in [0, 0.1) is 17.0 Å². The van der Waals surface area contributed by atoms with Gasteiger partial charge in [-0.15, -0.1) is 5.10 Å². The van der Waals surface area contributed by atoms with Gasteiger partial charge in [-0.05, 0) is 13.0 Å². The third-order valence-electron chi connectivity index (χ3n) is 2.49. The highest BCUT2D eigenvalue weighted by Gasteiger charge is 2.19. The van der Waals surface area contributed by atoms with Gasteiger partial charge >= 0.3 is 5.97 Å². The lowest BCUT2D eigenvalue weighted by Gasteiger charge is -2.06. The van der Waals surface area contributed by atoms with E-state index < -0.39 is 16.8 Å². The largest absolute Gasteiger partial charge is 0.478 e. The number of hydrogen-bond acceptors (Lipinski definition) is 6. The van der Waals surface area contributed by atoms with Gasteiger partial charge in [0.1, 0.15) is 5.82 Å².